The van der Waals surface area contributed by atoms with Gasteiger partial charge in [0, 0.05) is 30.7 Å². The van der Waals surface area contributed by atoms with E-state index < -0.39 is 0 Å². The molecule has 1 heterocycles. The zero-order chi connectivity index (χ0) is 14.3. The second-order valence-electron chi connectivity index (χ2n) is 5.77. The molecule has 1 aromatic rings. The van der Waals surface area contributed by atoms with Gasteiger partial charge in [0.2, 0.25) is 0 Å². The number of nitrogens with zero attached hydrogens (tertiary/aromatic N) is 1. The van der Waals surface area contributed by atoms with Crippen LogP contribution in [0.2, 0.25) is 0 Å². The highest BCUT2D eigenvalue weighted by Gasteiger charge is 2.11. The zero-order valence-corrected chi connectivity index (χ0v) is 12.3. The van der Waals surface area contributed by atoms with Crippen LogP contribution in [0.4, 0.5) is 0 Å². The van der Waals surface area contributed by atoms with Gasteiger partial charge in [0.25, 0.3) is 0 Å². The largest absolute Gasteiger partial charge is 0.468 e. The fourth-order valence-corrected chi connectivity index (χ4v) is 1.75. The second-order valence-corrected chi connectivity index (χ2v) is 5.77. The van der Waals surface area contributed by atoms with Crippen molar-refractivity contribution in [2.45, 2.75) is 39.4 Å². The quantitative estimate of drug-likeness (QED) is 0.708. The monoisotopic (exact) mass is 266 g/mol. The van der Waals surface area contributed by atoms with Crippen molar-refractivity contribution in [3.8, 4) is 0 Å². The first-order valence-electron chi connectivity index (χ1n) is 6.70. The van der Waals surface area contributed by atoms with E-state index in [4.69, 9.17) is 9.52 Å². The Kier molecular flexibility index (Phi) is 6.28. The number of aliphatic hydroxyl groups is 1. The molecule has 0 radical (unpaired) electrons. The summed E-state index contributed by atoms with van der Waals surface area (Å²) >= 11 is 0. The Morgan fingerprint density at radius 1 is 1.47 bits per heavy atom. The topological polar surface area (TPSA) is 48.6 Å². The SMILES string of the molecule is C=CCN(CCO)Cc1cc(CNC(C)(C)C)co1. The van der Waals surface area contributed by atoms with Gasteiger partial charge in [0.05, 0.1) is 19.4 Å². The Labute approximate surface area is 116 Å². The molecule has 0 atom stereocenters. The lowest BCUT2D eigenvalue weighted by Crippen LogP contribution is -2.34. The van der Waals surface area contributed by atoms with Crippen molar-refractivity contribution in [3.05, 3.63) is 36.3 Å². The molecule has 1 rings (SSSR count). The van der Waals surface area contributed by atoms with E-state index >= 15 is 0 Å². The third-order valence-electron chi connectivity index (χ3n) is 2.71. The molecular weight excluding hydrogens is 240 g/mol. The predicted octanol–water partition coefficient (Wildman–Crippen LogP) is 2.15. The maximum absolute atomic E-state index is 9.00. The fourth-order valence-electron chi connectivity index (χ4n) is 1.75. The summed E-state index contributed by atoms with van der Waals surface area (Å²) in [6.45, 7) is 13.2. The van der Waals surface area contributed by atoms with E-state index in [9.17, 15) is 0 Å². The number of hydrogen-bond acceptors (Lipinski definition) is 4. The lowest BCUT2D eigenvalue weighted by Gasteiger charge is -2.19. The van der Waals surface area contributed by atoms with E-state index in [0.29, 0.717) is 13.1 Å². The van der Waals surface area contributed by atoms with Crippen LogP contribution in [-0.2, 0) is 13.1 Å². The van der Waals surface area contributed by atoms with Gasteiger partial charge in [-0.15, -0.1) is 6.58 Å². The molecule has 0 aromatic carbocycles. The highest BCUT2D eigenvalue weighted by atomic mass is 16.3. The van der Waals surface area contributed by atoms with Gasteiger partial charge in [-0.2, -0.15) is 0 Å². The number of rotatable bonds is 8. The maximum atomic E-state index is 9.00. The van der Waals surface area contributed by atoms with Crippen LogP contribution >= 0.6 is 0 Å². The summed E-state index contributed by atoms with van der Waals surface area (Å²) in [5, 5.41) is 12.4. The first-order chi connectivity index (χ1) is 8.94. The second kappa shape index (κ2) is 7.48. The minimum absolute atomic E-state index is 0.100. The summed E-state index contributed by atoms with van der Waals surface area (Å²) in [4.78, 5) is 2.09. The molecule has 1 aromatic heterocycles. The van der Waals surface area contributed by atoms with Crippen LogP contribution in [-0.4, -0.2) is 35.2 Å². The average molecular weight is 266 g/mol. The van der Waals surface area contributed by atoms with Crippen molar-refractivity contribution < 1.29 is 9.52 Å². The van der Waals surface area contributed by atoms with E-state index in [1.807, 2.05) is 6.08 Å². The van der Waals surface area contributed by atoms with Crippen LogP contribution in [0.25, 0.3) is 0 Å². The zero-order valence-electron chi connectivity index (χ0n) is 12.3. The summed E-state index contributed by atoms with van der Waals surface area (Å²) in [6.07, 6.45) is 3.62. The first kappa shape index (κ1) is 16.0. The molecule has 0 unspecified atom stereocenters. The maximum Gasteiger partial charge on any atom is 0.118 e. The van der Waals surface area contributed by atoms with Crippen LogP contribution in [0.3, 0.4) is 0 Å². The number of hydrogen-bond donors (Lipinski definition) is 2. The smallest absolute Gasteiger partial charge is 0.118 e. The van der Waals surface area contributed by atoms with Gasteiger partial charge < -0.3 is 14.8 Å². The van der Waals surface area contributed by atoms with Crippen molar-refractivity contribution in [1.82, 2.24) is 10.2 Å². The molecule has 0 saturated heterocycles. The Bertz CT molecular complexity index is 380. The van der Waals surface area contributed by atoms with Crippen LogP contribution in [0.5, 0.6) is 0 Å². The molecule has 2 N–H and O–H groups in total. The van der Waals surface area contributed by atoms with E-state index in [1.165, 1.54) is 0 Å². The standard InChI is InChI=1S/C15H26N2O2/c1-5-6-17(7-8-18)11-14-9-13(12-19-14)10-16-15(2,3)4/h5,9,12,16,18H,1,6-8,10-11H2,2-4H3. The van der Waals surface area contributed by atoms with Crippen molar-refractivity contribution in [2.75, 3.05) is 19.7 Å². The Balaban J connectivity index is 2.51. The van der Waals surface area contributed by atoms with E-state index in [-0.39, 0.29) is 12.1 Å². The summed E-state index contributed by atoms with van der Waals surface area (Å²) in [5.41, 5.74) is 1.25. The fraction of sp³-hybridized carbons (Fsp3) is 0.600. The van der Waals surface area contributed by atoms with E-state index in [0.717, 1.165) is 24.4 Å². The number of aliphatic hydroxyl groups excluding tert-OH is 1. The van der Waals surface area contributed by atoms with Gasteiger partial charge >= 0.3 is 0 Å². The van der Waals surface area contributed by atoms with Gasteiger partial charge in [-0.1, -0.05) is 6.08 Å². The number of nitrogens with one attached hydrogen (secondary N) is 1. The van der Waals surface area contributed by atoms with Gasteiger partial charge in [-0.3, -0.25) is 4.90 Å². The van der Waals surface area contributed by atoms with Gasteiger partial charge in [-0.05, 0) is 26.8 Å². The first-order valence-corrected chi connectivity index (χ1v) is 6.70. The third kappa shape index (κ3) is 6.57. The summed E-state index contributed by atoms with van der Waals surface area (Å²) in [6, 6.07) is 2.06. The van der Waals surface area contributed by atoms with E-state index in [2.05, 4.69) is 43.6 Å². The highest BCUT2D eigenvalue weighted by molar-refractivity contribution is 5.13. The molecule has 0 fully saturated rings. The normalized spacial score (nSPS) is 12.1. The third-order valence-corrected chi connectivity index (χ3v) is 2.71. The molecule has 0 spiro atoms. The van der Waals surface area contributed by atoms with E-state index in [1.54, 1.807) is 6.26 Å². The molecule has 108 valence electrons. The van der Waals surface area contributed by atoms with Gasteiger partial charge in [0.15, 0.2) is 0 Å². The Hall–Kier alpha value is -1.10. The molecular formula is C15H26N2O2. The van der Waals surface area contributed by atoms with Crippen molar-refractivity contribution >= 4 is 0 Å². The summed E-state index contributed by atoms with van der Waals surface area (Å²) < 4.78 is 5.56. The molecule has 0 aliphatic carbocycles. The molecule has 4 nitrogen and oxygen atoms in total. The average Bonchev–Trinajstić information content (AvgIpc) is 2.74. The molecule has 0 aliphatic heterocycles. The Morgan fingerprint density at radius 2 is 2.21 bits per heavy atom. The summed E-state index contributed by atoms with van der Waals surface area (Å²) in [5.74, 6) is 0.918. The van der Waals surface area contributed by atoms with Crippen LogP contribution in [0, 0.1) is 0 Å². The predicted molar refractivity (Wildman–Crippen MR) is 77.9 cm³/mol. The molecule has 0 amide bonds. The lowest BCUT2D eigenvalue weighted by atomic mass is 10.1. The van der Waals surface area contributed by atoms with Crippen LogP contribution in [0.15, 0.2) is 29.4 Å². The van der Waals surface area contributed by atoms with Gasteiger partial charge in [-0.25, -0.2) is 0 Å². The molecule has 0 aliphatic rings. The van der Waals surface area contributed by atoms with Crippen LogP contribution in [0.1, 0.15) is 32.1 Å². The van der Waals surface area contributed by atoms with Gasteiger partial charge in [0.1, 0.15) is 5.76 Å². The lowest BCUT2D eigenvalue weighted by molar-refractivity contribution is 0.194. The van der Waals surface area contributed by atoms with Crippen molar-refractivity contribution in [2.24, 2.45) is 0 Å². The summed E-state index contributed by atoms with van der Waals surface area (Å²) in [7, 11) is 0. The van der Waals surface area contributed by atoms with Crippen LogP contribution < -0.4 is 5.32 Å². The molecule has 4 heteroatoms. The van der Waals surface area contributed by atoms with Crippen molar-refractivity contribution in [1.29, 1.82) is 0 Å². The van der Waals surface area contributed by atoms with Crippen molar-refractivity contribution in [3.63, 3.8) is 0 Å². The molecule has 0 saturated carbocycles. The Morgan fingerprint density at radius 3 is 2.79 bits per heavy atom. The molecule has 0 bridgehead atoms. The number of furan rings is 1. The highest BCUT2D eigenvalue weighted by Crippen LogP contribution is 2.12. The minimum Gasteiger partial charge on any atom is -0.468 e. The minimum atomic E-state index is 0.100. The molecule has 19 heavy (non-hydrogen) atoms.